The highest BCUT2D eigenvalue weighted by Gasteiger charge is 2.18. The fourth-order valence-electron chi connectivity index (χ4n) is 1.52. The van der Waals surface area contributed by atoms with E-state index in [1.807, 2.05) is 6.92 Å². The molecule has 0 unspecified atom stereocenters. The average molecular weight is 289 g/mol. The molecule has 6 heteroatoms. The van der Waals surface area contributed by atoms with Crippen LogP contribution in [0.1, 0.15) is 22.8 Å². The third-order valence-corrected chi connectivity index (χ3v) is 4.29. The van der Waals surface area contributed by atoms with Gasteiger partial charge in [0.15, 0.2) is 9.84 Å². The van der Waals surface area contributed by atoms with Crippen molar-refractivity contribution in [1.82, 2.24) is 0 Å². The van der Waals surface area contributed by atoms with Gasteiger partial charge in [-0.3, -0.25) is 0 Å². The SMILES string of the molecule is CCc1ccc(C(=O)O)cc1S(=O)(=O)C/C=C/Cl. The molecule has 0 aliphatic carbocycles. The second kappa shape index (κ2) is 6.02. The van der Waals surface area contributed by atoms with E-state index < -0.39 is 15.8 Å². The Morgan fingerprint density at radius 2 is 2.11 bits per heavy atom. The van der Waals surface area contributed by atoms with E-state index in [9.17, 15) is 13.2 Å². The first-order valence-corrected chi connectivity index (χ1v) is 7.35. The zero-order valence-electron chi connectivity index (χ0n) is 9.76. The van der Waals surface area contributed by atoms with Crippen molar-refractivity contribution in [3.63, 3.8) is 0 Å². The Hall–Kier alpha value is -1.33. The third-order valence-electron chi connectivity index (χ3n) is 2.43. The molecule has 0 saturated carbocycles. The lowest BCUT2D eigenvalue weighted by molar-refractivity contribution is 0.0696. The molecule has 0 spiro atoms. The Morgan fingerprint density at radius 1 is 1.44 bits per heavy atom. The van der Waals surface area contributed by atoms with Gasteiger partial charge in [-0.25, -0.2) is 13.2 Å². The summed E-state index contributed by atoms with van der Waals surface area (Å²) in [7, 11) is -3.56. The average Bonchev–Trinajstić information content (AvgIpc) is 2.35. The molecule has 1 rings (SSSR count). The largest absolute Gasteiger partial charge is 0.478 e. The third kappa shape index (κ3) is 3.34. The molecule has 1 aromatic rings. The first-order valence-electron chi connectivity index (χ1n) is 5.26. The minimum Gasteiger partial charge on any atom is -0.478 e. The van der Waals surface area contributed by atoms with Crippen LogP contribution in [0.2, 0.25) is 0 Å². The van der Waals surface area contributed by atoms with Gasteiger partial charge in [-0.05, 0) is 24.1 Å². The molecule has 0 heterocycles. The molecule has 4 nitrogen and oxygen atoms in total. The minimum absolute atomic E-state index is 0.0411. The van der Waals surface area contributed by atoms with Crippen molar-refractivity contribution >= 4 is 27.4 Å². The van der Waals surface area contributed by atoms with E-state index in [4.69, 9.17) is 16.7 Å². The first kappa shape index (κ1) is 14.7. The highest BCUT2D eigenvalue weighted by molar-refractivity contribution is 7.91. The molecule has 98 valence electrons. The van der Waals surface area contributed by atoms with Crippen LogP contribution in [-0.2, 0) is 16.3 Å². The lowest BCUT2D eigenvalue weighted by Gasteiger charge is -2.08. The van der Waals surface area contributed by atoms with Crippen LogP contribution in [0.4, 0.5) is 0 Å². The van der Waals surface area contributed by atoms with Crippen LogP contribution in [0.5, 0.6) is 0 Å². The van der Waals surface area contributed by atoms with Gasteiger partial charge in [-0.15, -0.1) is 0 Å². The number of sulfone groups is 1. The van der Waals surface area contributed by atoms with Crippen molar-refractivity contribution in [3.8, 4) is 0 Å². The van der Waals surface area contributed by atoms with Crippen LogP contribution < -0.4 is 0 Å². The van der Waals surface area contributed by atoms with Crippen molar-refractivity contribution < 1.29 is 18.3 Å². The van der Waals surface area contributed by atoms with E-state index in [-0.39, 0.29) is 16.2 Å². The molecule has 0 aromatic heterocycles. The number of carboxylic acids is 1. The molecule has 1 aromatic carbocycles. The number of aromatic carboxylic acids is 1. The predicted octanol–water partition coefficient (Wildman–Crippen LogP) is 2.47. The highest BCUT2D eigenvalue weighted by atomic mass is 35.5. The van der Waals surface area contributed by atoms with Crippen molar-refractivity contribution in [2.24, 2.45) is 0 Å². The number of aryl methyl sites for hydroxylation is 1. The van der Waals surface area contributed by atoms with Gasteiger partial charge in [0.1, 0.15) is 0 Å². The number of rotatable bonds is 5. The van der Waals surface area contributed by atoms with Crippen LogP contribution in [0.25, 0.3) is 0 Å². The lowest BCUT2D eigenvalue weighted by atomic mass is 10.1. The maximum atomic E-state index is 12.0. The number of benzene rings is 1. The first-order chi connectivity index (χ1) is 8.42. The Bertz CT molecular complexity index is 576. The van der Waals surface area contributed by atoms with Crippen LogP contribution >= 0.6 is 11.6 Å². The molecule has 1 N–H and O–H groups in total. The normalized spacial score (nSPS) is 11.9. The molecule has 0 bridgehead atoms. The topological polar surface area (TPSA) is 71.4 Å². The highest BCUT2D eigenvalue weighted by Crippen LogP contribution is 2.20. The monoisotopic (exact) mass is 288 g/mol. The Morgan fingerprint density at radius 3 is 2.61 bits per heavy atom. The zero-order valence-corrected chi connectivity index (χ0v) is 11.3. The van der Waals surface area contributed by atoms with Crippen LogP contribution in [-0.4, -0.2) is 25.2 Å². The molecule has 0 fully saturated rings. The number of carbonyl (C=O) groups is 1. The van der Waals surface area contributed by atoms with E-state index in [1.54, 1.807) is 0 Å². The number of halogens is 1. The maximum absolute atomic E-state index is 12.0. The molecular formula is C12H13ClO4S. The molecule has 0 radical (unpaired) electrons. The summed E-state index contributed by atoms with van der Waals surface area (Å²) in [5, 5.41) is 8.88. The molecular weight excluding hydrogens is 276 g/mol. The summed E-state index contributed by atoms with van der Waals surface area (Å²) in [5.41, 5.74) is 1.69. The number of carboxylic acid groups (broad SMARTS) is 1. The van der Waals surface area contributed by atoms with Crippen molar-refractivity contribution in [3.05, 3.63) is 40.9 Å². The predicted molar refractivity (Wildman–Crippen MR) is 69.8 cm³/mol. The fraction of sp³-hybridized carbons (Fsp3) is 0.250. The van der Waals surface area contributed by atoms with Crippen molar-refractivity contribution in [2.75, 3.05) is 5.75 Å². The van der Waals surface area contributed by atoms with Gasteiger partial charge in [-0.1, -0.05) is 30.7 Å². The van der Waals surface area contributed by atoms with E-state index in [2.05, 4.69) is 0 Å². The Balaban J connectivity index is 3.36. The van der Waals surface area contributed by atoms with Gasteiger partial charge in [0.25, 0.3) is 0 Å². The second-order valence-corrected chi connectivity index (χ2v) is 5.88. The summed E-state index contributed by atoms with van der Waals surface area (Å²) >= 11 is 5.31. The van der Waals surface area contributed by atoms with E-state index >= 15 is 0 Å². The summed E-state index contributed by atoms with van der Waals surface area (Å²) < 4.78 is 24.1. The Kier molecular flexibility index (Phi) is 4.93. The van der Waals surface area contributed by atoms with Gasteiger partial charge in [0.2, 0.25) is 0 Å². The minimum atomic E-state index is -3.56. The lowest BCUT2D eigenvalue weighted by Crippen LogP contribution is -2.10. The molecule has 0 aliphatic heterocycles. The summed E-state index contributed by atoms with van der Waals surface area (Å²) in [6.07, 6.45) is 1.82. The van der Waals surface area contributed by atoms with Gasteiger partial charge in [0.05, 0.1) is 16.2 Å². The summed E-state index contributed by atoms with van der Waals surface area (Å²) in [4.78, 5) is 10.9. The maximum Gasteiger partial charge on any atom is 0.335 e. The Labute approximate surface area is 111 Å². The zero-order chi connectivity index (χ0) is 13.8. The van der Waals surface area contributed by atoms with E-state index in [1.165, 1.54) is 24.3 Å². The van der Waals surface area contributed by atoms with E-state index in [0.29, 0.717) is 12.0 Å². The summed E-state index contributed by atoms with van der Waals surface area (Å²) in [6.45, 7) is 1.81. The smallest absolute Gasteiger partial charge is 0.335 e. The van der Waals surface area contributed by atoms with Crippen molar-refractivity contribution in [2.45, 2.75) is 18.2 Å². The summed E-state index contributed by atoms with van der Waals surface area (Å²) in [6, 6.07) is 4.12. The number of hydrogen-bond acceptors (Lipinski definition) is 3. The van der Waals surface area contributed by atoms with Gasteiger partial charge >= 0.3 is 5.97 Å². The van der Waals surface area contributed by atoms with Gasteiger partial charge < -0.3 is 5.11 Å². The second-order valence-electron chi connectivity index (χ2n) is 3.62. The summed E-state index contributed by atoms with van der Waals surface area (Å²) in [5.74, 6) is -1.39. The van der Waals surface area contributed by atoms with Crippen LogP contribution in [0.3, 0.4) is 0 Å². The molecule has 0 atom stereocenters. The molecule has 18 heavy (non-hydrogen) atoms. The van der Waals surface area contributed by atoms with Crippen LogP contribution in [0, 0.1) is 0 Å². The van der Waals surface area contributed by atoms with Gasteiger partial charge in [-0.2, -0.15) is 0 Å². The van der Waals surface area contributed by atoms with Crippen molar-refractivity contribution in [1.29, 1.82) is 0 Å². The van der Waals surface area contributed by atoms with Gasteiger partial charge in [0, 0.05) is 5.54 Å². The standard InChI is InChI=1S/C12H13ClO4S/c1-2-9-4-5-10(12(14)15)8-11(9)18(16,17)7-3-6-13/h3-6,8H,2,7H2,1H3,(H,14,15)/b6-3+. The fourth-order valence-corrected chi connectivity index (χ4v) is 3.16. The van der Waals surface area contributed by atoms with Crippen LogP contribution in [0.15, 0.2) is 34.7 Å². The quantitative estimate of drug-likeness (QED) is 0.903. The molecule has 0 aliphatic rings. The van der Waals surface area contributed by atoms with E-state index in [0.717, 1.165) is 5.54 Å². The molecule has 0 saturated heterocycles. The number of hydrogen-bond donors (Lipinski definition) is 1. The molecule has 0 amide bonds.